The molecule has 0 saturated carbocycles. The summed E-state index contributed by atoms with van der Waals surface area (Å²) in [5.41, 5.74) is -2.07. The van der Waals surface area contributed by atoms with Crippen LogP contribution < -0.4 is 51.4 Å². The number of non-ortho nitro benzene ring substituents is 1. The molecule has 0 aliphatic rings. The zero-order valence-corrected chi connectivity index (χ0v) is 16.7. The average Bonchev–Trinajstić information content (AvgIpc) is 2.38. The van der Waals surface area contributed by atoms with E-state index in [2.05, 4.69) is 10.2 Å². The Balaban J connectivity index is 0.00000529. The zero-order chi connectivity index (χ0) is 17.9. The number of benzene rings is 1. The standard InChI is InChI=1S/C11H11N3O8S.K/c1-5(15)10(6(2)16)13-12-8-3-7(14(18)19)4-9(11(8)17)23(20,21)22;/h3-4,15,17H,1-2H3,(H,20,21,22);/q;+1/p-1. The molecule has 1 aromatic rings. The quantitative estimate of drug-likeness (QED) is 0.119. The number of allylic oxidation sites excluding steroid dienone is 2. The van der Waals surface area contributed by atoms with Crippen LogP contribution in [0.1, 0.15) is 13.8 Å². The van der Waals surface area contributed by atoms with E-state index in [0.717, 1.165) is 13.8 Å². The molecule has 0 aliphatic heterocycles. The van der Waals surface area contributed by atoms with Crippen molar-refractivity contribution in [3.63, 3.8) is 0 Å². The molecular formula is C11H10KN3O8S. The van der Waals surface area contributed by atoms with E-state index in [-0.39, 0.29) is 51.4 Å². The van der Waals surface area contributed by atoms with Gasteiger partial charge in [-0.1, -0.05) is 0 Å². The number of aliphatic hydroxyl groups excluding tert-OH is 1. The van der Waals surface area contributed by atoms with Crippen molar-refractivity contribution in [1.29, 1.82) is 0 Å². The van der Waals surface area contributed by atoms with Crippen molar-refractivity contribution in [2.24, 2.45) is 10.2 Å². The van der Waals surface area contributed by atoms with Gasteiger partial charge in [0.15, 0.2) is 17.2 Å². The monoisotopic (exact) mass is 383 g/mol. The van der Waals surface area contributed by atoms with Gasteiger partial charge < -0.3 is 14.8 Å². The topological polar surface area (TPSA) is 183 Å². The molecule has 0 radical (unpaired) electrons. The number of nitro benzene ring substituents is 1. The van der Waals surface area contributed by atoms with Crippen LogP contribution in [0.5, 0.6) is 5.75 Å². The van der Waals surface area contributed by atoms with Crippen LogP contribution in [0.3, 0.4) is 0 Å². The van der Waals surface area contributed by atoms with E-state index in [1.165, 1.54) is 0 Å². The van der Waals surface area contributed by atoms with Crippen molar-refractivity contribution in [2.75, 3.05) is 0 Å². The van der Waals surface area contributed by atoms with Gasteiger partial charge in [-0.3, -0.25) is 14.9 Å². The molecule has 124 valence electrons. The summed E-state index contributed by atoms with van der Waals surface area (Å²) < 4.78 is 33.1. The Morgan fingerprint density at radius 3 is 2.21 bits per heavy atom. The maximum atomic E-state index is 11.2. The van der Waals surface area contributed by atoms with Gasteiger partial charge in [-0.05, 0) is 6.92 Å². The third-order valence-corrected chi connectivity index (χ3v) is 3.30. The largest absolute Gasteiger partial charge is 1.00 e. The van der Waals surface area contributed by atoms with Crippen molar-refractivity contribution < 1.29 is 84.3 Å². The molecule has 0 spiro atoms. The molecule has 13 heteroatoms. The molecule has 1 rings (SSSR count). The van der Waals surface area contributed by atoms with Crippen molar-refractivity contribution in [3.05, 3.63) is 33.7 Å². The molecule has 0 heterocycles. The SMILES string of the molecule is CC(=O)C(N=Nc1cc([N+](=O)[O-])cc(S(=O)(=O)[O-])c1O)=C(C)O.[K+]. The van der Waals surface area contributed by atoms with Crippen molar-refractivity contribution in [1.82, 2.24) is 0 Å². The summed E-state index contributed by atoms with van der Waals surface area (Å²) >= 11 is 0. The number of hydrogen-bond acceptors (Lipinski definition) is 10. The molecule has 0 aliphatic carbocycles. The Morgan fingerprint density at radius 1 is 1.29 bits per heavy atom. The molecule has 0 atom stereocenters. The van der Waals surface area contributed by atoms with Gasteiger partial charge in [0.1, 0.15) is 26.5 Å². The number of carbonyl (C=O) groups excluding carboxylic acids is 1. The number of Topliss-reactive ketones (excluding diaryl/α,β-unsaturated/α-hetero) is 1. The van der Waals surface area contributed by atoms with Crippen molar-refractivity contribution in [2.45, 2.75) is 18.7 Å². The van der Waals surface area contributed by atoms with Crippen LogP contribution in [-0.4, -0.2) is 33.9 Å². The van der Waals surface area contributed by atoms with E-state index in [1.54, 1.807) is 0 Å². The number of aliphatic hydroxyl groups is 1. The van der Waals surface area contributed by atoms with E-state index >= 15 is 0 Å². The third kappa shape index (κ3) is 5.69. The summed E-state index contributed by atoms with van der Waals surface area (Å²) in [6.45, 7) is 2.17. The number of rotatable bonds is 5. The van der Waals surface area contributed by atoms with Gasteiger partial charge in [-0.15, -0.1) is 10.2 Å². The summed E-state index contributed by atoms with van der Waals surface area (Å²) in [6, 6.07) is 1.02. The Hall–Kier alpha value is -1.22. The van der Waals surface area contributed by atoms with Gasteiger partial charge in [0.25, 0.3) is 5.69 Å². The van der Waals surface area contributed by atoms with E-state index < -0.39 is 54.3 Å². The Kier molecular flexibility index (Phi) is 8.30. The van der Waals surface area contributed by atoms with Crippen LogP contribution >= 0.6 is 0 Å². The first-order valence-electron chi connectivity index (χ1n) is 5.75. The minimum Gasteiger partial charge on any atom is -0.744 e. The predicted octanol–water partition coefficient (Wildman–Crippen LogP) is -1.33. The molecule has 2 N–H and O–H groups in total. The smallest absolute Gasteiger partial charge is 0.744 e. The number of phenolic OH excluding ortho intramolecular Hbond substituents is 1. The summed E-state index contributed by atoms with van der Waals surface area (Å²) in [6.07, 6.45) is 0. The van der Waals surface area contributed by atoms with Crippen LogP contribution in [0, 0.1) is 10.1 Å². The number of ketones is 1. The minimum atomic E-state index is -5.22. The van der Waals surface area contributed by atoms with Crippen LogP contribution in [0.15, 0.2) is 38.7 Å². The second-order valence-corrected chi connectivity index (χ2v) is 5.56. The maximum Gasteiger partial charge on any atom is 1.00 e. The van der Waals surface area contributed by atoms with Gasteiger partial charge in [0, 0.05) is 19.1 Å². The van der Waals surface area contributed by atoms with Gasteiger partial charge in [0.05, 0.1) is 4.92 Å². The molecule has 0 amide bonds. The van der Waals surface area contributed by atoms with Gasteiger partial charge in [0.2, 0.25) is 0 Å². The van der Waals surface area contributed by atoms with E-state index in [4.69, 9.17) is 0 Å². The fraction of sp³-hybridized carbons (Fsp3) is 0.182. The molecule has 0 saturated heterocycles. The van der Waals surface area contributed by atoms with E-state index in [1.807, 2.05) is 0 Å². The van der Waals surface area contributed by atoms with Gasteiger partial charge in [-0.25, -0.2) is 8.42 Å². The first-order chi connectivity index (χ1) is 10.4. The first-order valence-corrected chi connectivity index (χ1v) is 7.15. The van der Waals surface area contributed by atoms with Gasteiger partial charge in [-0.2, -0.15) is 0 Å². The minimum absolute atomic E-state index is 0. The Bertz CT molecular complexity index is 843. The van der Waals surface area contributed by atoms with Gasteiger partial charge >= 0.3 is 51.4 Å². The van der Waals surface area contributed by atoms with E-state index in [9.17, 15) is 38.1 Å². The Labute approximate surface area is 178 Å². The van der Waals surface area contributed by atoms with Crippen LogP contribution in [-0.2, 0) is 14.9 Å². The van der Waals surface area contributed by atoms with Crippen LogP contribution in [0.25, 0.3) is 0 Å². The number of nitrogens with zero attached hydrogens (tertiary/aromatic N) is 3. The van der Waals surface area contributed by atoms with Crippen molar-refractivity contribution >= 4 is 27.3 Å². The van der Waals surface area contributed by atoms with Crippen molar-refractivity contribution in [3.8, 4) is 5.75 Å². The number of azo groups is 1. The molecular weight excluding hydrogens is 373 g/mol. The molecule has 11 nitrogen and oxygen atoms in total. The molecule has 0 bridgehead atoms. The number of carbonyl (C=O) groups is 1. The maximum absolute atomic E-state index is 11.2. The number of phenols is 1. The van der Waals surface area contributed by atoms with Crippen LogP contribution in [0.2, 0.25) is 0 Å². The summed E-state index contributed by atoms with van der Waals surface area (Å²) in [4.78, 5) is 19.7. The molecule has 0 unspecified atom stereocenters. The Morgan fingerprint density at radius 2 is 1.83 bits per heavy atom. The molecule has 24 heavy (non-hydrogen) atoms. The molecule has 1 aromatic carbocycles. The fourth-order valence-corrected chi connectivity index (χ4v) is 2.06. The third-order valence-electron chi connectivity index (χ3n) is 2.45. The number of nitro groups is 1. The summed E-state index contributed by atoms with van der Waals surface area (Å²) in [5, 5.41) is 36.3. The van der Waals surface area contributed by atoms with Crippen LogP contribution in [0.4, 0.5) is 11.4 Å². The zero-order valence-electron chi connectivity index (χ0n) is 12.7. The summed E-state index contributed by atoms with van der Waals surface area (Å²) in [7, 11) is -5.22. The second kappa shape index (κ2) is 8.75. The molecule has 0 aromatic heterocycles. The number of hydrogen-bond donors (Lipinski definition) is 2. The fourth-order valence-electron chi connectivity index (χ4n) is 1.45. The number of aromatic hydroxyl groups is 1. The average molecular weight is 383 g/mol. The van der Waals surface area contributed by atoms with E-state index in [0.29, 0.717) is 12.1 Å². The molecule has 0 fully saturated rings. The predicted molar refractivity (Wildman–Crippen MR) is 73.3 cm³/mol. The second-order valence-electron chi connectivity index (χ2n) is 4.21. The normalized spacial score (nSPS) is 12.5. The summed E-state index contributed by atoms with van der Waals surface area (Å²) in [5.74, 6) is -2.37. The first kappa shape index (κ1) is 22.8.